The Bertz CT molecular complexity index is 411. The van der Waals surface area contributed by atoms with Gasteiger partial charge in [-0.05, 0) is 31.9 Å². The summed E-state index contributed by atoms with van der Waals surface area (Å²) < 4.78 is 0. The Morgan fingerprint density at radius 2 is 2.35 bits per heavy atom. The maximum Gasteiger partial charge on any atom is 0.0540 e. The number of nitrogens with zero attached hydrogens (tertiary/aromatic N) is 1. The summed E-state index contributed by atoms with van der Waals surface area (Å²) in [5, 5.41) is 10.8. The van der Waals surface area contributed by atoms with E-state index in [1.165, 1.54) is 24.3 Å². The highest BCUT2D eigenvalue weighted by molar-refractivity contribution is 7.10. The van der Waals surface area contributed by atoms with Gasteiger partial charge in [-0.3, -0.25) is 0 Å². The number of aliphatic hydroxyl groups excluding tert-OH is 1. The number of aliphatic hydroxyl groups is 1. The summed E-state index contributed by atoms with van der Waals surface area (Å²) in [7, 11) is 2.19. The van der Waals surface area contributed by atoms with Crippen LogP contribution in [0.5, 0.6) is 0 Å². The first kappa shape index (κ1) is 12.6. The molecule has 1 aliphatic rings. The molecule has 0 atom stereocenters. The lowest BCUT2D eigenvalue weighted by Crippen LogP contribution is -2.19. The zero-order chi connectivity index (χ0) is 12.1. The van der Waals surface area contributed by atoms with Crippen LogP contribution in [0.2, 0.25) is 0 Å². The molecule has 0 unspecified atom stereocenters. The molecule has 0 aromatic carbocycles. The van der Waals surface area contributed by atoms with Gasteiger partial charge in [-0.15, -0.1) is 11.3 Å². The number of thiophene rings is 1. The fraction of sp³-hybridized carbons (Fsp3) is 0.571. The van der Waals surface area contributed by atoms with E-state index in [1.54, 1.807) is 11.3 Å². The van der Waals surface area contributed by atoms with Gasteiger partial charge in [0.15, 0.2) is 0 Å². The molecule has 0 radical (unpaired) electrons. The average molecular weight is 249 g/mol. The number of hydrogen-bond donors (Lipinski definition) is 1. The van der Waals surface area contributed by atoms with E-state index < -0.39 is 0 Å². The highest BCUT2D eigenvalue weighted by Gasteiger charge is 2.22. The summed E-state index contributed by atoms with van der Waals surface area (Å²) in [4.78, 5) is 3.77. The van der Waals surface area contributed by atoms with Gasteiger partial charge in [0.05, 0.1) is 6.61 Å². The summed E-state index contributed by atoms with van der Waals surface area (Å²) in [5.74, 6) is 6.98. The first-order valence-corrected chi connectivity index (χ1v) is 7.01. The minimum Gasteiger partial charge on any atom is -0.395 e. The average Bonchev–Trinajstić information content (AvgIpc) is 2.99. The normalized spacial score (nSPS) is 14.8. The van der Waals surface area contributed by atoms with Crippen molar-refractivity contribution in [2.45, 2.75) is 25.8 Å². The first-order valence-electron chi connectivity index (χ1n) is 6.13. The zero-order valence-electron chi connectivity index (χ0n) is 10.3. The fourth-order valence-electron chi connectivity index (χ4n) is 1.82. The van der Waals surface area contributed by atoms with Gasteiger partial charge in [0.2, 0.25) is 0 Å². The quantitative estimate of drug-likeness (QED) is 0.810. The number of rotatable bonds is 5. The second kappa shape index (κ2) is 6.20. The van der Waals surface area contributed by atoms with Crippen molar-refractivity contribution >= 4 is 11.3 Å². The predicted molar refractivity (Wildman–Crippen MR) is 72.0 cm³/mol. The molecule has 0 spiro atoms. The van der Waals surface area contributed by atoms with E-state index >= 15 is 0 Å². The molecule has 1 N–H and O–H groups in total. The molecule has 1 aromatic heterocycles. The molecule has 17 heavy (non-hydrogen) atoms. The molecule has 0 bridgehead atoms. The molecule has 1 aliphatic carbocycles. The van der Waals surface area contributed by atoms with Gasteiger partial charge in [0.1, 0.15) is 0 Å². The molecule has 3 heteroatoms. The lowest BCUT2D eigenvalue weighted by molar-refractivity contribution is 0.305. The smallest absolute Gasteiger partial charge is 0.0540 e. The Balaban J connectivity index is 1.82. The molecule has 1 aromatic rings. The SMILES string of the molecule is CN(Cc1cc(C#CCCO)cs1)CC1CC1. The largest absolute Gasteiger partial charge is 0.395 e. The third kappa shape index (κ3) is 4.51. The molecular formula is C14H19NOS. The third-order valence-corrected chi connectivity index (χ3v) is 3.74. The van der Waals surface area contributed by atoms with Crippen LogP contribution in [-0.2, 0) is 6.54 Å². The van der Waals surface area contributed by atoms with Crippen molar-refractivity contribution in [2.24, 2.45) is 5.92 Å². The topological polar surface area (TPSA) is 23.5 Å². The Hall–Kier alpha value is -0.820. The summed E-state index contributed by atoms with van der Waals surface area (Å²) >= 11 is 1.78. The summed E-state index contributed by atoms with van der Waals surface area (Å²) in [6.45, 7) is 2.40. The van der Waals surface area contributed by atoms with Crippen LogP contribution in [0, 0.1) is 17.8 Å². The Morgan fingerprint density at radius 3 is 3.06 bits per heavy atom. The highest BCUT2D eigenvalue weighted by Crippen LogP contribution is 2.30. The lowest BCUT2D eigenvalue weighted by atomic mass is 10.3. The molecule has 92 valence electrons. The van der Waals surface area contributed by atoms with Crippen LogP contribution in [0.3, 0.4) is 0 Å². The molecule has 2 rings (SSSR count). The minimum atomic E-state index is 0.147. The van der Waals surface area contributed by atoms with Crippen LogP contribution in [0.25, 0.3) is 0 Å². The van der Waals surface area contributed by atoms with Gasteiger partial charge in [-0.1, -0.05) is 11.8 Å². The van der Waals surface area contributed by atoms with Crippen molar-refractivity contribution in [1.29, 1.82) is 0 Å². The second-order valence-corrected chi connectivity index (χ2v) is 5.71. The summed E-state index contributed by atoms with van der Waals surface area (Å²) in [5.41, 5.74) is 1.08. The van der Waals surface area contributed by atoms with Gasteiger partial charge >= 0.3 is 0 Å². The first-order chi connectivity index (χ1) is 8.28. The van der Waals surface area contributed by atoms with Crippen molar-refractivity contribution < 1.29 is 5.11 Å². The van der Waals surface area contributed by atoms with Crippen LogP contribution in [-0.4, -0.2) is 30.2 Å². The Morgan fingerprint density at radius 1 is 1.53 bits per heavy atom. The minimum absolute atomic E-state index is 0.147. The Kier molecular flexibility index (Phi) is 4.61. The molecular weight excluding hydrogens is 230 g/mol. The zero-order valence-corrected chi connectivity index (χ0v) is 11.1. The molecule has 2 nitrogen and oxygen atoms in total. The van der Waals surface area contributed by atoms with Gasteiger partial charge in [0, 0.05) is 35.3 Å². The molecule has 0 aliphatic heterocycles. The van der Waals surface area contributed by atoms with E-state index in [9.17, 15) is 0 Å². The standard InChI is InChI=1S/C14H19NOS/c1-15(9-12-5-6-12)10-14-8-13(11-17-14)4-2-3-7-16/h8,11-12,16H,3,5-7,9-10H2,1H3. The van der Waals surface area contributed by atoms with E-state index in [0.29, 0.717) is 6.42 Å². The molecule has 1 fully saturated rings. The van der Waals surface area contributed by atoms with Crippen LogP contribution in [0.1, 0.15) is 29.7 Å². The van der Waals surface area contributed by atoms with Crippen molar-refractivity contribution in [1.82, 2.24) is 4.90 Å². The molecule has 0 saturated heterocycles. The predicted octanol–water partition coefficient (Wildman–Crippen LogP) is 2.32. The van der Waals surface area contributed by atoms with Gasteiger partial charge in [0.25, 0.3) is 0 Å². The summed E-state index contributed by atoms with van der Waals surface area (Å²) in [6.07, 6.45) is 3.38. The highest BCUT2D eigenvalue weighted by atomic mass is 32.1. The Labute approximate surface area is 107 Å². The van der Waals surface area contributed by atoms with Crippen molar-refractivity contribution in [3.05, 3.63) is 21.9 Å². The van der Waals surface area contributed by atoms with Crippen LogP contribution in [0.4, 0.5) is 0 Å². The number of hydrogen-bond acceptors (Lipinski definition) is 3. The maximum atomic E-state index is 8.65. The molecule has 1 saturated carbocycles. The second-order valence-electron chi connectivity index (χ2n) is 4.72. The monoisotopic (exact) mass is 249 g/mol. The molecule has 0 amide bonds. The van der Waals surface area contributed by atoms with E-state index in [0.717, 1.165) is 18.0 Å². The van der Waals surface area contributed by atoms with E-state index in [1.807, 2.05) is 0 Å². The van der Waals surface area contributed by atoms with Crippen LogP contribution in [0.15, 0.2) is 11.4 Å². The van der Waals surface area contributed by atoms with Crippen molar-refractivity contribution in [3.8, 4) is 11.8 Å². The van der Waals surface area contributed by atoms with Crippen LogP contribution >= 0.6 is 11.3 Å². The molecule has 1 heterocycles. The maximum absolute atomic E-state index is 8.65. The van der Waals surface area contributed by atoms with Gasteiger partial charge in [-0.2, -0.15) is 0 Å². The van der Waals surface area contributed by atoms with Gasteiger partial charge < -0.3 is 10.0 Å². The lowest BCUT2D eigenvalue weighted by Gasteiger charge is -2.14. The fourth-order valence-corrected chi connectivity index (χ4v) is 2.72. The third-order valence-electron chi connectivity index (χ3n) is 2.82. The van der Waals surface area contributed by atoms with Crippen molar-refractivity contribution in [2.75, 3.05) is 20.2 Å². The van der Waals surface area contributed by atoms with Crippen LogP contribution < -0.4 is 0 Å². The summed E-state index contributed by atoms with van der Waals surface area (Å²) in [6, 6.07) is 2.17. The van der Waals surface area contributed by atoms with E-state index in [-0.39, 0.29) is 6.61 Å². The van der Waals surface area contributed by atoms with Gasteiger partial charge in [-0.25, -0.2) is 0 Å². The van der Waals surface area contributed by atoms with E-state index in [2.05, 4.69) is 35.2 Å². The van der Waals surface area contributed by atoms with Crippen molar-refractivity contribution in [3.63, 3.8) is 0 Å². The van der Waals surface area contributed by atoms with E-state index in [4.69, 9.17) is 5.11 Å².